The highest BCUT2D eigenvalue weighted by Crippen LogP contribution is 2.43. The number of carbonyl (C=O) groups excluding carboxylic acids is 2. The van der Waals surface area contributed by atoms with Crippen LogP contribution in [0.4, 0.5) is 10.1 Å². The third-order valence-corrected chi connectivity index (χ3v) is 6.68. The van der Waals surface area contributed by atoms with E-state index in [1.165, 1.54) is 38.1 Å². The minimum atomic E-state index is -0.801. The molecule has 0 spiro atoms. The molecule has 4 rings (SSSR count). The Hall–Kier alpha value is -3.52. The molecule has 33 heavy (non-hydrogen) atoms. The van der Waals surface area contributed by atoms with Gasteiger partial charge in [-0.3, -0.25) is 9.59 Å². The van der Waals surface area contributed by atoms with Gasteiger partial charge in [-0.05, 0) is 29.8 Å². The first-order chi connectivity index (χ1) is 16.0. The Morgan fingerprint density at radius 3 is 2.24 bits per heavy atom. The molecule has 0 aliphatic carbocycles. The fourth-order valence-electron chi connectivity index (χ4n) is 3.69. The van der Waals surface area contributed by atoms with Gasteiger partial charge in [0.05, 0.1) is 19.9 Å². The lowest BCUT2D eigenvalue weighted by atomic mass is 10.1. The topological polar surface area (TPSA) is 67.9 Å². The van der Waals surface area contributed by atoms with Gasteiger partial charge in [0, 0.05) is 17.4 Å². The summed E-state index contributed by atoms with van der Waals surface area (Å²) in [5.41, 5.74) is 1.30. The molecule has 2 unspecified atom stereocenters. The highest BCUT2D eigenvalue weighted by molar-refractivity contribution is 7.99. The van der Waals surface area contributed by atoms with Crippen LogP contribution in [0.2, 0.25) is 0 Å². The van der Waals surface area contributed by atoms with Crippen molar-refractivity contribution in [3.63, 3.8) is 0 Å². The second-order valence-corrected chi connectivity index (χ2v) is 8.51. The van der Waals surface area contributed by atoms with Crippen LogP contribution >= 0.6 is 11.8 Å². The van der Waals surface area contributed by atoms with Crippen molar-refractivity contribution in [3.8, 4) is 11.5 Å². The largest absolute Gasteiger partial charge is 0.497 e. The van der Waals surface area contributed by atoms with Crippen molar-refractivity contribution in [1.82, 2.24) is 4.90 Å². The lowest BCUT2D eigenvalue weighted by Crippen LogP contribution is -2.45. The van der Waals surface area contributed by atoms with Crippen LogP contribution < -0.4 is 14.8 Å². The summed E-state index contributed by atoms with van der Waals surface area (Å²) in [4.78, 5) is 28.5. The molecule has 3 aromatic rings. The molecule has 8 heteroatoms. The second kappa shape index (κ2) is 9.95. The number of halogens is 1. The van der Waals surface area contributed by atoms with E-state index in [-0.39, 0.29) is 17.0 Å². The molecule has 2 atom stereocenters. The Labute approximate surface area is 195 Å². The fraction of sp³-hybridized carbons (Fsp3) is 0.200. The Bertz CT molecular complexity index is 1140. The van der Waals surface area contributed by atoms with E-state index in [1.807, 2.05) is 30.3 Å². The molecule has 0 aromatic heterocycles. The normalized spacial score (nSPS) is 17.5. The summed E-state index contributed by atoms with van der Waals surface area (Å²) < 4.78 is 24.8. The summed E-state index contributed by atoms with van der Waals surface area (Å²) in [6.07, 6.45) is 0. The van der Waals surface area contributed by atoms with Gasteiger partial charge in [-0.15, -0.1) is 11.8 Å². The molecular formula is C25H23FN2O4S. The minimum absolute atomic E-state index is 0.0751. The number of hydrogen-bond donors (Lipinski definition) is 1. The van der Waals surface area contributed by atoms with E-state index in [2.05, 4.69) is 5.32 Å². The number of methoxy groups -OCH3 is 2. The van der Waals surface area contributed by atoms with Gasteiger partial charge in [-0.1, -0.05) is 42.5 Å². The number of rotatable bonds is 6. The van der Waals surface area contributed by atoms with Crippen molar-refractivity contribution >= 4 is 29.3 Å². The predicted molar refractivity (Wildman–Crippen MR) is 126 cm³/mol. The monoisotopic (exact) mass is 466 g/mol. The van der Waals surface area contributed by atoms with Crippen molar-refractivity contribution < 1.29 is 23.5 Å². The van der Waals surface area contributed by atoms with Gasteiger partial charge < -0.3 is 19.7 Å². The zero-order chi connectivity index (χ0) is 23.4. The average molecular weight is 467 g/mol. The second-order valence-electron chi connectivity index (χ2n) is 7.40. The van der Waals surface area contributed by atoms with Gasteiger partial charge in [0.1, 0.15) is 28.7 Å². The molecule has 1 heterocycles. The third kappa shape index (κ3) is 4.80. The number of anilines is 1. The van der Waals surface area contributed by atoms with Crippen LogP contribution in [-0.4, -0.2) is 42.7 Å². The summed E-state index contributed by atoms with van der Waals surface area (Å²) in [5.74, 6) is -0.0333. The molecule has 1 aliphatic rings. The van der Waals surface area contributed by atoms with E-state index in [9.17, 15) is 14.0 Å². The fourth-order valence-corrected chi connectivity index (χ4v) is 5.12. The number of carbonyl (C=O) groups is 2. The Kier molecular flexibility index (Phi) is 6.84. The first-order valence-electron chi connectivity index (χ1n) is 10.3. The number of nitrogens with one attached hydrogen (secondary N) is 1. The van der Waals surface area contributed by atoms with Crippen molar-refractivity contribution in [2.45, 2.75) is 11.4 Å². The third-order valence-electron chi connectivity index (χ3n) is 5.35. The van der Waals surface area contributed by atoms with Gasteiger partial charge in [0.25, 0.3) is 5.91 Å². The molecule has 1 fully saturated rings. The number of thioether (sulfide) groups is 1. The summed E-state index contributed by atoms with van der Waals surface area (Å²) >= 11 is 1.49. The highest BCUT2D eigenvalue weighted by atomic mass is 32.2. The van der Waals surface area contributed by atoms with E-state index in [0.717, 1.165) is 5.56 Å². The van der Waals surface area contributed by atoms with E-state index in [4.69, 9.17) is 9.47 Å². The van der Waals surface area contributed by atoms with Crippen LogP contribution in [-0.2, 0) is 4.79 Å². The van der Waals surface area contributed by atoms with Crippen LogP contribution in [0.15, 0.2) is 72.8 Å². The Balaban J connectivity index is 1.70. The quantitative estimate of drug-likeness (QED) is 0.569. The van der Waals surface area contributed by atoms with E-state index < -0.39 is 17.8 Å². The lowest BCUT2D eigenvalue weighted by molar-refractivity contribution is -0.119. The molecular weight excluding hydrogens is 443 g/mol. The Morgan fingerprint density at radius 2 is 1.61 bits per heavy atom. The van der Waals surface area contributed by atoms with Gasteiger partial charge in [-0.25, -0.2) is 4.39 Å². The highest BCUT2D eigenvalue weighted by Gasteiger charge is 2.43. The summed E-state index contributed by atoms with van der Waals surface area (Å²) in [7, 11) is 3.01. The number of hydrogen-bond acceptors (Lipinski definition) is 5. The summed E-state index contributed by atoms with van der Waals surface area (Å²) in [6, 6.07) is 19.6. The molecule has 0 bridgehead atoms. The smallest absolute Gasteiger partial charge is 0.256 e. The van der Waals surface area contributed by atoms with Gasteiger partial charge in [-0.2, -0.15) is 0 Å². The van der Waals surface area contributed by atoms with E-state index in [1.54, 1.807) is 35.2 Å². The molecule has 6 nitrogen and oxygen atoms in total. The number of ether oxygens (including phenoxy) is 2. The van der Waals surface area contributed by atoms with Crippen LogP contribution in [0.1, 0.15) is 21.3 Å². The van der Waals surface area contributed by atoms with E-state index >= 15 is 0 Å². The summed E-state index contributed by atoms with van der Waals surface area (Å²) in [5, 5.41) is 2.25. The molecule has 0 saturated carbocycles. The van der Waals surface area contributed by atoms with Gasteiger partial charge in [0.2, 0.25) is 5.91 Å². The minimum Gasteiger partial charge on any atom is -0.497 e. The van der Waals surface area contributed by atoms with Crippen LogP contribution in [0.25, 0.3) is 0 Å². The molecule has 170 valence electrons. The van der Waals surface area contributed by atoms with Crippen LogP contribution in [0, 0.1) is 5.82 Å². The van der Waals surface area contributed by atoms with Gasteiger partial charge in [0.15, 0.2) is 0 Å². The number of benzene rings is 3. The van der Waals surface area contributed by atoms with Crippen molar-refractivity contribution in [2.75, 3.05) is 25.3 Å². The van der Waals surface area contributed by atoms with E-state index in [0.29, 0.717) is 22.8 Å². The summed E-state index contributed by atoms with van der Waals surface area (Å²) in [6.45, 7) is 0. The average Bonchev–Trinajstić information content (AvgIpc) is 3.30. The van der Waals surface area contributed by atoms with Crippen molar-refractivity contribution in [1.29, 1.82) is 0 Å². The maximum absolute atomic E-state index is 14.1. The first kappa shape index (κ1) is 22.7. The van der Waals surface area contributed by atoms with Crippen LogP contribution in [0.5, 0.6) is 11.5 Å². The Morgan fingerprint density at radius 1 is 0.970 bits per heavy atom. The lowest BCUT2D eigenvalue weighted by Gasteiger charge is -2.29. The standard InChI is InChI=1S/C25H23FN2O4S/c1-31-18-12-17(13-19(14-18)32-2)24(30)28-22(15-33-25(28)16-8-4-3-5-9-16)23(29)27-21-11-7-6-10-20(21)26/h3-14,22,25H,15H2,1-2H3,(H,27,29). The van der Waals surface area contributed by atoms with Crippen molar-refractivity contribution in [3.05, 3.63) is 89.7 Å². The number of amides is 2. The number of nitrogens with zero attached hydrogens (tertiary/aromatic N) is 1. The van der Waals surface area contributed by atoms with Gasteiger partial charge >= 0.3 is 0 Å². The first-order valence-corrected chi connectivity index (χ1v) is 11.3. The predicted octanol–water partition coefficient (Wildman–Crippen LogP) is 4.74. The van der Waals surface area contributed by atoms with Crippen LogP contribution in [0.3, 0.4) is 0 Å². The zero-order valence-electron chi connectivity index (χ0n) is 18.2. The molecule has 3 aromatic carbocycles. The molecule has 0 radical (unpaired) electrons. The maximum atomic E-state index is 14.1. The SMILES string of the molecule is COc1cc(OC)cc(C(=O)N2C(C(=O)Nc3ccccc3F)CSC2c2ccccc2)c1. The molecule has 1 N–H and O–H groups in total. The van der Waals surface area contributed by atoms with Crippen molar-refractivity contribution in [2.24, 2.45) is 0 Å². The molecule has 1 saturated heterocycles. The zero-order valence-corrected chi connectivity index (χ0v) is 19.0. The maximum Gasteiger partial charge on any atom is 0.256 e. The molecule has 2 amide bonds. The molecule has 1 aliphatic heterocycles. The number of para-hydroxylation sites is 1.